The van der Waals surface area contributed by atoms with Crippen molar-refractivity contribution in [2.75, 3.05) is 10.6 Å². The molecule has 2 heterocycles. The summed E-state index contributed by atoms with van der Waals surface area (Å²) in [4.78, 5) is 16.5. The molecular formula is C20H14F5N5O. The van der Waals surface area contributed by atoms with E-state index in [4.69, 9.17) is 0 Å². The lowest BCUT2D eigenvalue weighted by atomic mass is 9.95. The Balaban J connectivity index is 1.84. The maximum Gasteiger partial charge on any atom is 0.453 e. The summed E-state index contributed by atoms with van der Waals surface area (Å²) >= 11 is 0. The Morgan fingerprint density at radius 1 is 1.10 bits per heavy atom. The number of halogens is 5. The van der Waals surface area contributed by atoms with E-state index in [-0.39, 0.29) is 22.8 Å². The molecule has 0 aliphatic carbocycles. The summed E-state index contributed by atoms with van der Waals surface area (Å²) < 4.78 is 67.8. The molecule has 2 N–H and O–H groups in total. The number of fused-ring (bicyclic) bond motifs is 1. The van der Waals surface area contributed by atoms with Gasteiger partial charge in [0, 0.05) is 11.4 Å². The van der Waals surface area contributed by atoms with Crippen molar-refractivity contribution in [1.82, 2.24) is 14.8 Å². The second kappa shape index (κ2) is 7.49. The highest BCUT2D eigenvalue weighted by Crippen LogP contribution is 2.38. The van der Waals surface area contributed by atoms with Gasteiger partial charge in [0.25, 0.3) is 11.7 Å². The van der Waals surface area contributed by atoms with Gasteiger partial charge in [-0.05, 0) is 36.8 Å². The fourth-order valence-corrected chi connectivity index (χ4v) is 3.28. The molecule has 0 bridgehead atoms. The van der Waals surface area contributed by atoms with Crippen molar-refractivity contribution in [3.63, 3.8) is 0 Å². The van der Waals surface area contributed by atoms with Gasteiger partial charge >= 0.3 is 6.18 Å². The molecule has 4 rings (SSSR count). The van der Waals surface area contributed by atoms with E-state index in [1.807, 2.05) is 0 Å². The second-order valence-electron chi connectivity index (χ2n) is 6.76. The van der Waals surface area contributed by atoms with E-state index in [1.165, 1.54) is 13.0 Å². The van der Waals surface area contributed by atoms with E-state index >= 15 is 0 Å². The van der Waals surface area contributed by atoms with E-state index < -0.39 is 35.6 Å². The molecular weight excluding hydrogens is 421 g/mol. The number of nitrogens with one attached hydrogen (secondary N) is 2. The number of nitrogens with zero attached hydrogens (tertiary/aromatic N) is 3. The molecule has 11 heteroatoms. The summed E-state index contributed by atoms with van der Waals surface area (Å²) in [5.74, 6) is -4.71. The van der Waals surface area contributed by atoms with Crippen LogP contribution in [0.5, 0.6) is 0 Å². The van der Waals surface area contributed by atoms with E-state index in [9.17, 15) is 26.7 Å². The van der Waals surface area contributed by atoms with Crippen LogP contribution in [0.4, 0.5) is 33.6 Å². The number of carbonyl (C=O) groups excluding carboxylic acids is 1. The van der Waals surface area contributed by atoms with Gasteiger partial charge in [0.05, 0.1) is 5.57 Å². The van der Waals surface area contributed by atoms with Gasteiger partial charge in [0.1, 0.15) is 6.04 Å². The maximum absolute atomic E-state index is 13.9. The topological polar surface area (TPSA) is 71.8 Å². The van der Waals surface area contributed by atoms with Crippen LogP contribution >= 0.6 is 0 Å². The number of alkyl halides is 3. The summed E-state index contributed by atoms with van der Waals surface area (Å²) in [5.41, 5.74) is 0.632. The van der Waals surface area contributed by atoms with Crippen molar-refractivity contribution in [1.29, 1.82) is 0 Å². The number of hydrogen-bond acceptors (Lipinski definition) is 4. The van der Waals surface area contributed by atoms with Gasteiger partial charge in [-0.1, -0.05) is 24.3 Å². The number of hydrogen-bond donors (Lipinski definition) is 2. The zero-order valence-electron chi connectivity index (χ0n) is 15.8. The van der Waals surface area contributed by atoms with Crippen molar-refractivity contribution in [2.45, 2.75) is 19.1 Å². The molecule has 1 aromatic heterocycles. The van der Waals surface area contributed by atoms with Crippen molar-refractivity contribution in [2.24, 2.45) is 0 Å². The van der Waals surface area contributed by atoms with Gasteiger partial charge in [-0.3, -0.25) is 4.79 Å². The van der Waals surface area contributed by atoms with Crippen LogP contribution in [0.3, 0.4) is 0 Å². The summed E-state index contributed by atoms with van der Waals surface area (Å²) in [7, 11) is 0. The van der Waals surface area contributed by atoms with E-state index in [1.54, 1.807) is 30.3 Å². The maximum atomic E-state index is 13.9. The van der Waals surface area contributed by atoms with Gasteiger partial charge in [0.2, 0.25) is 5.95 Å². The molecule has 1 aliphatic rings. The number of para-hydroxylation sites is 1. The number of anilines is 2. The fourth-order valence-electron chi connectivity index (χ4n) is 3.28. The molecule has 2 aromatic carbocycles. The van der Waals surface area contributed by atoms with Crippen LogP contribution in [-0.2, 0) is 11.0 Å². The van der Waals surface area contributed by atoms with Crippen molar-refractivity contribution >= 4 is 17.5 Å². The third kappa shape index (κ3) is 3.86. The van der Waals surface area contributed by atoms with Gasteiger partial charge in [-0.2, -0.15) is 18.2 Å². The number of carbonyl (C=O) groups is 1. The first-order valence-corrected chi connectivity index (χ1v) is 8.98. The summed E-state index contributed by atoms with van der Waals surface area (Å²) in [5, 5.41) is 8.78. The Labute approximate surface area is 172 Å². The fraction of sp³-hybridized carbons (Fsp3) is 0.150. The average molecular weight is 435 g/mol. The first-order chi connectivity index (χ1) is 14.6. The minimum Gasteiger partial charge on any atom is -0.328 e. The Morgan fingerprint density at radius 2 is 1.81 bits per heavy atom. The monoisotopic (exact) mass is 435 g/mol. The zero-order chi connectivity index (χ0) is 22.3. The van der Waals surface area contributed by atoms with Crippen LogP contribution < -0.4 is 10.6 Å². The normalized spacial score (nSPS) is 16.0. The highest BCUT2D eigenvalue weighted by atomic mass is 19.4. The number of benzene rings is 2. The summed E-state index contributed by atoms with van der Waals surface area (Å²) in [6.45, 7) is 1.47. The zero-order valence-corrected chi connectivity index (χ0v) is 15.8. The standard InChI is InChI=1S/C20H14F5N5O/c1-10-15(17(31)27-12-5-3-2-4-6-12)16(11-7-8-13(21)14(22)9-11)30-19(26-10)28-18(29-30)20(23,24)25/h2-9,16H,1H3,(H,27,31)(H,26,28,29). The molecule has 160 valence electrons. The molecule has 3 aromatic rings. The third-order valence-corrected chi connectivity index (χ3v) is 4.64. The molecule has 1 unspecified atom stereocenters. The van der Waals surface area contributed by atoms with Crippen molar-refractivity contribution < 1.29 is 26.7 Å². The van der Waals surface area contributed by atoms with Gasteiger partial charge in [-0.15, -0.1) is 5.10 Å². The highest BCUT2D eigenvalue weighted by Gasteiger charge is 2.41. The van der Waals surface area contributed by atoms with Crippen LogP contribution in [0.25, 0.3) is 0 Å². The Morgan fingerprint density at radius 3 is 2.45 bits per heavy atom. The quantitative estimate of drug-likeness (QED) is 0.595. The second-order valence-corrected chi connectivity index (χ2v) is 6.76. The highest BCUT2D eigenvalue weighted by molar-refractivity contribution is 6.06. The molecule has 0 spiro atoms. The van der Waals surface area contributed by atoms with Crippen molar-refractivity contribution in [3.8, 4) is 0 Å². The van der Waals surface area contributed by atoms with Gasteiger partial charge in [0.15, 0.2) is 11.6 Å². The summed E-state index contributed by atoms with van der Waals surface area (Å²) in [6, 6.07) is 9.91. The number of rotatable bonds is 3. The number of aromatic nitrogens is 3. The molecule has 0 fully saturated rings. The molecule has 1 amide bonds. The van der Waals surface area contributed by atoms with E-state index in [0.29, 0.717) is 5.69 Å². The molecule has 0 saturated heterocycles. The summed E-state index contributed by atoms with van der Waals surface area (Å²) in [6.07, 6.45) is -4.84. The van der Waals surface area contributed by atoms with E-state index in [0.717, 1.165) is 16.8 Å². The Kier molecular flexibility index (Phi) is 4.96. The third-order valence-electron chi connectivity index (χ3n) is 4.64. The predicted octanol–water partition coefficient (Wildman–Crippen LogP) is 4.50. The number of amides is 1. The Bertz CT molecular complexity index is 1190. The lowest BCUT2D eigenvalue weighted by Gasteiger charge is -2.28. The van der Waals surface area contributed by atoms with Crippen LogP contribution in [0.2, 0.25) is 0 Å². The molecule has 1 atom stereocenters. The molecule has 0 radical (unpaired) electrons. The first kappa shape index (κ1) is 20.5. The lowest BCUT2D eigenvalue weighted by molar-refractivity contribution is -0.145. The van der Waals surface area contributed by atoms with Crippen LogP contribution in [-0.4, -0.2) is 20.7 Å². The molecule has 0 saturated carbocycles. The van der Waals surface area contributed by atoms with E-state index in [2.05, 4.69) is 20.7 Å². The lowest BCUT2D eigenvalue weighted by Crippen LogP contribution is -2.31. The smallest absolute Gasteiger partial charge is 0.328 e. The minimum absolute atomic E-state index is 0.0258. The van der Waals surface area contributed by atoms with Gasteiger partial charge in [-0.25, -0.2) is 13.5 Å². The largest absolute Gasteiger partial charge is 0.453 e. The van der Waals surface area contributed by atoms with Crippen LogP contribution in [0, 0.1) is 11.6 Å². The van der Waals surface area contributed by atoms with Crippen LogP contribution in [0.1, 0.15) is 24.4 Å². The Hall–Kier alpha value is -3.76. The van der Waals surface area contributed by atoms with Gasteiger partial charge < -0.3 is 10.6 Å². The molecule has 1 aliphatic heterocycles. The minimum atomic E-state index is -4.84. The SMILES string of the molecule is CC1=C(C(=O)Nc2ccccc2)C(c2ccc(F)c(F)c2)n2nc(C(F)(F)F)nc2N1. The van der Waals surface area contributed by atoms with Crippen molar-refractivity contribution in [3.05, 3.63) is 82.8 Å². The average Bonchev–Trinajstić information content (AvgIpc) is 3.14. The molecule has 31 heavy (non-hydrogen) atoms. The van der Waals surface area contributed by atoms with Crippen LogP contribution in [0.15, 0.2) is 59.8 Å². The molecule has 6 nitrogen and oxygen atoms in total. The predicted molar refractivity (Wildman–Crippen MR) is 101 cm³/mol. The first-order valence-electron chi connectivity index (χ1n) is 8.98. The number of allylic oxidation sites excluding steroid dienone is 1.